The summed E-state index contributed by atoms with van der Waals surface area (Å²) in [7, 11) is 0. The molecule has 2 aliphatic rings. The zero-order valence-corrected chi connectivity index (χ0v) is 14.9. The summed E-state index contributed by atoms with van der Waals surface area (Å²) in [4.78, 5) is 25.6. The maximum absolute atomic E-state index is 13.0. The maximum Gasteiger partial charge on any atom is 0.173 e. The van der Waals surface area contributed by atoms with E-state index in [4.69, 9.17) is 4.74 Å². The van der Waals surface area contributed by atoms with Gasteiger partial charge in [0, 0.05) is 19.6 Å². The van der Waals surface area contributed by atoms with Gasteiger partial charge in [0.2, 0.25) is 0 Å². The minimum Gasteiger partial charge on any atom is -0.381 e. The Labute approximate surface area is 144 Å². The smallest absolute Gasteiger partial charge is 0.173 e. The van der Waals surface area contributed by atoms with Crippen LogP contribution in [0.25, 0.3) is 0 Å². The minimum atomic E-state index is -0.591. The van der Waals surface area contributed by atoms with Crippen molar-refractivity contribution in [1.82, 2.24) is 0 Å². The van der Waals surface area contributed by atoms with E-state index >= 15 is 0 Å². The van der Waals surface area contributed by atoms with Crippen LogP contribution < -0.4 is 0 Å². The van der Waals surface area contributed by atoms with Crippen molar-refractivity contribution in [3.8, 4) is 0 Å². The number of rotatable bonds is 3. The molecule has 24 heavy (non-hydrogen) atoms. The van der Waals surface area contributed by atoms with E-state index in [1.54, 1.807) is 0 Å². The molecule has 3 nitrogen and oxygen atoms in total. The van der Waals surface area contributed by atoms with Crippen LogP contribution >= 0.6 is 0 Å². The molecule has 1 aromatic rings. The lowest BCUT2D eigenvalue weighted by Crippen LogP contribution is -2.17. The van der Waals surface area contributed by atoms with Gasteiger partial charge in [-0.2, -0.15) is 0 Å². The van der Waals surface area contributed by atoms with Crippen LogP contribution in [0.3, 0.4) is 0 Å². The topological polar surface area (TPSA) is 43.4 Å². The Kier molecular flexibility index (Phi) is 5.00. The predicted octanol–water partition coefficient (Wildman–Crippen LogP) is 3.84. The number of Topliss-reactive ketones (excluding diaryl/α,β-unsaturated/α-hetero) is 2. The third-order valence-corrected chi connectivity index (χ3v) is 5.25. The van der Waals surface area contributed by atoms with Crippen molar-refractivity contribution in [1.29, 1.82) is 0 Å². The predicted molar refractivity (Wildman–Crippen MR) is 94.3 cm³/mol. The van der Waals surface area contributed by atoms with E-state index in [9.17, 15) is 9.59 Å². The summed E-state index contributed by atoms with van der Waals surface area (Å²) in [5, 5.41) is 0. The first-order valence-electron chi connectivity index (χ1n) is 8.96. The van der Waals surface area contributed by atoms with Crippen LogP contribution in [0.5, 0.6) is 0 Å². The summed E-state index contributed by atoms with van der Waals surface area (Å²) in [5.74, 6) is -0.145. The van der Waals surface area contributed by atoms with Gasteiger partial charge in [-0.1, -0.05) is 30.7 Å². The lowest BCUT2D eigenvalue weighted by Gasteiger charge is -2.19. The first-order chi connectivity index (χ1) is 11.5. The molecule has 0 aromatic heterocycles. The standard InChI is InChI=1S/C21H26O3/c1-4-16-10-13(2)9-14(3)19(16)20-18(22)12-17(21(20)23)11-15-5-7-24-8-6-15/h9-11,15,20H,4-8,12H2,1-3H3/b17-11+. The number of benzene rings is 1. The molecule has 1 aliphatic heterocycles. The Morgan fingerprint density at radius 2 is 1.88 bits per heavy atom. The van der Waals surface area contributed by atoms with E-state index in [1.807, 2.05) is 6.92 Å². The van der Waals surface area contributed by atoms with Crippen LogP contribution in [-0.4, -0.2) is 24.8 Å². The Morgan fingerprint density at radius 3 is 2.54 bits per heavy atom. The van der Waals surface area contributed by atoms with Gasteiger partial charge in [-0.05, 0) is 61.3 Å². The Bertz CT molecular complexity index is 693. The number of ether oxygens (including phenoxy) is 1. The summed E-state index contributed by atoms with van der Waals surface area (Å²) in [6.45, 7) is 7.65. The van der Waals surface area contributed by atoms with Crippen molar-refractivity contribution in [3.05, 3.63) is 46.0 Å². The number of carbonyl (C=O) groups excluding carboxylic acids is 2. The lowest BCUT2D eigenvalue weighted by atomic mass is 9.85. The van der Waals surface area contributed by atoms with Crippen molar-refractivity contribution in [2.75, 3.05) is 13.2 Å². The lowest BCUT2D eigenvalue weighted by molar-refractivity contribution is -0.123. The van der Waals surface area contributed by atoms with Gasteiger partial charge in [0.05, 0.1) is 0 Å². The van der Waals surface area contributed by atoms with Crippen LogP contribution in [-0.2, 0) is 20.7 Å². The van der Waals surface area contributed by atoms with Gasteiger partial charge in [-0.15, -0.1) is 0 Å². The third kappa shape index (κ3) is 3.23. The number of aryl methyl sites for hydroxylation is 3. The fourth-order valence-electron chi connectivity index (χ4n) is 4.08. The molecule has 0 bridgehead atoms. The second-order valence-corrected chi connectivity index (χ2v) is 7.09. The van der Waals surface area contributed by atoms with E-state index in [1.165, 1.54) is 5.56 Å². The molecule has 1 saturated heterocycles. The van der Waals surface area contributed by atoms with Gasteiger partial charge in [0.25, 0.3) is 0 Å². The van der Waals surface area contributed by atoms with Crippen molar-refractivity contribution >= 4 is 11.6 Å². The van der Waals surface area contributed by atoms with Crippen LogP contribution in [0, 0.1) is 19.8 Å². The average molecular weight is 326 g/mol. The minimum absolute atomic E-state index is 0.0214. The molecule has 1 aromatic carbocycles. The van der Waals surface area contributed by atoms with E-state index in [-0.39, 0.29) is 18.0 Å². The summed E-state index contributed by atoms with van der Waals surface area (Å²) in [5.41, 5.74) is 5.05. The SMILES string of the molecule is CCc1cc(C)cc(C)c1C1C(=O)C/C(=C\C2CCOCC2)C1=O. The highest BCUT2D eigenvalue weighted by molar-refractivity contribution is 6.23. The van der Waals surface area contributed by atoms with Gasteiger partial charge in [-0.3, -0.25) is 9.59 Å². The fourth-order valence-corrected chi connectivity index (χ4v) is 4.08. The number of allylic oxidation sites excluding steroid dienone is 2. The molecule has 0 amide bonds. The van der Waals surface area contributed by atoms with E-state index in [2.05, 4.69) is 32.1 Å². The summed E-state index contributed by atoms with van der Waals surface area (Å²) in [6, 6.07) is 4.19. The van der Waals surface area contributed by atoms with Crippen molar-refractivity contribution < 1.29 is 14.3 Å². The molecule has 0 N–H and O–H groups in total. The molecule has 2 fully saturated rings. The van der Waals surface area contributed by atoms with Crippen molar-refractivity contribution in [2.45, 2.75) is 52.4 Å². The molecule has 128 valence electrons. The molecule has 1 heterocycles. The Hall–Kier alpha value is -1.74. The van der Waals surface area contributed by atoms with Crippen LogP contribution in [0.1, 0.15) is 54.4 Å². The molecule has 1 aliphatic carbocycles. The van der Waals surface area contributed by atoms with Crippen LogP contribution in [0.2, 0.25) is 0 Å². The number of hydrogen-bond donors (Lipinski definition) is 0. The molecular weight excluding hydrogens is 300 g/mol. The molecule has 1 unspecified atom stereocenters. The highest BCUT2D eigenvalue weighted by atomic mass is 16.5. The fraction of sp³-hybridized carbons (Fsp3) is 0.524. The van der Waals surface area contributed by atoms with Gasteiger partial charge in [0.1, 0.15) is 5.92 Å². The van der Waals surface area contributed by atoms with Crippen LogP contribution in [0.4, 0.5) is 0 Å². The molecule has 0 spiro atoms. The third-order valence-electron chi connectivity index (χ3n) is 5.25. The second kappa shape index (κ2) is 7.02. The monoisotopic (exact) mass is 326 g/mol. The largest absolute Gasteiger partial charge is 0.381 e. The van der Waals surface area contributed by atoms with Crippen LogP contribution in [0.15, 0.2) is 23.8 Å². The maximum atomic E-state index is 13.0. The summed E-state index contributed by atoms with van der Waals surface area (Å²) >= 11 is 0. The van der Waals surface area contributed by atoms with Gasteiger partial charge < -0.3 is 4.74 Å². The molecule has 1 saturated carbocycles. The normalized spacial score (nSPS) is 24.1. The molecule has 3 rings (SSSR count). The number of carbonyl (C=O) groups is 2. The Balaban J connectivity index is 1.94. The van der Waals surface area contributed by atoms with Crippen molar-refractivity contribution in [2.24, 2.45) is 5.92 Å². The van der Waals surface area contributed by atoms with Crippen molar-refractivity contribution in [3.63, 3.8) is 0 Å². The van der Waals surface area contributed by atoms with E-state index in [0.29, 0.717) is 5.92 Å². The molecule has 0 radical (unpaired) electrons. The zero-order valence-electron chi connectivity index (χ0n) is 14.9. The van der Waals surface area contributed by atoms with Gasteiger partial charge >= 0.3 is 0 Å². The van der Waals surface area contributed by atoms with Gasteiger partial charge in [-0.25, -0.2) is 0 Å². The average Bonchev–Trinajstić information content (AvgIpc) is 2.82. The first-order valence-corrected chi connectivity index (χ1v) is 8.96. The molecular formula is C21H26O3. The Morgan fingerprint density at radius 1 is 1.17 bits per heavy atom. The number of ketones is 2. The quantitative estimate of drug-likeness (QED) is 0.626. The second-order valence-electron chi connectivity index (χ2n) is 7.09. The molecule has 3 heteroatoms. The first kappa shape index (κ1) is 17.1. The van der Waals surface area contributed by atoms with E-state index < -0.39 is 5.92 Å². The highest BCUT2D eigenvalue weighted by Gasteiger charge is 2.40. The molecule has 1 atom stereocenters. The summed E-state index contributed by atoms with van der Waals surface area (Å²) < 4.78 is 5.38. The van der Waals surface area contributed by atoms with Gasteiger partial charge in [0.15, 0.2) is 11.6 Å². The number of hydrogen-bond acceptors (Lipinski definition) is 3. The highest BCUT2D eigenvalue weighted by Crippen LogP contribution is 2.37. The summed E-state index contributed by atoms with van der Waals surface area (Å²) in [6.07, 6.45) is 5.07. The zero-order chi connectivity index (χ0) is 17.3. The van der Waals surface area contributed by atoms with E-state index in [0.717, 1.165) is 54.7 Å².